The van der Waals surface area contributed by atoms with E-state index in [0.717, 1.165) is 61.3 Å². The Morgan fingerprint density at radius 2 is 1.21 bits per heavy atom. The maximum absolute atomic E-state index is 5.09. The van der Waals surface area contributed by atoms with Crippen LogP contribution in [-0.4, -0.2) is 26.6 Å². The quantitative estimate of drug-likeness (QED) is 0.183. The van der Waals surface area contributed by atoms with Crippen LogP contribution >= 0.6 is 0 Å². The van der Waals surface area contributed by atoms with Crippen molar-refractivity contribution in [1.82, 2.24) is 15.0 Å². The molecule has 0 saturated carbocycles. The van der Waals surface area contributed by atoms with Gasteiger partial charge in [0.15, 0.2) is 11.7 Å². The third kappa shape index (κ3) is 3.92. The van der Waals surface area contributed by atoms with Crippen molar-refractivity contribution in [2.24, 2.45) is 20.0 Å². The van der Waals surface area contributed by atoms with E-state index in [1.807, 2.05) is 80.6 Å². The molecule has 0 unspecified atom stereocenters. The van der Waals surface area contributed by atoms with Gasteiger partial charge >= 0.3 is 0 Å². The van der Waals surface area contributed by atoms with Gasteiger partial charge in [0.25, 0.3) is 0 Å². The van der Waals surface area contributed by atoms with Gasteiger partial charge in [0.05, 0.1) is 0 Å². The number of H-pyrrole nitrogens is 3. The number of hydrogen-bond donors (Lipinski definition) is 4. The fraction of sp³-hybridized carbons (Fsp3) is 0.0588. The fourth-order valence-corrected chi connectivity index (χ4v) is 5.53. The summed E-state index contributed by atoms with van der Waals surface area (Å²) in [6.07, 6.45) is 11.6. The van der Waals surface area contributed by atoms with Crippen molar-refractivity contribution >= 4 is 68.6 Å². The average Bonchev–Trinajstić information content (AvgIpc) is 3.72. The topological polar surface area (TPSA) is 109 Å². The van der Waals surface area contributed by atoms with Crippen LogP contribution < -0.4 is 16.3 Å². The third-order valence-electron chi connectivity index (χ3n) is 7.39. The number of nitrogens with one attached hydrogen (secondary N) is 4. The largest absolute Gasteiger partial charge is 0.327 e. The Labute approximate surface area is 241 Å². The minimum atomic E-state index is 0.522. The smallest absolute Gasteiger partial charge is 0.164 e. The van der Waals surface area contributed by atoms with Crippen LogP contribution in [0.3, 0.4) is 0 Å². The first-order chi connectivity index (χ1) is 20.6. The van der Waals surface area contributed by atoms with E-state index in [1.165, 1.54) is 0 Å². The number of aliphatic imine (C=N–C) groups is 2. The maximum Gasteiger partial charge on any atom is 0.164 e. The number of anilines is 2. The van der Waals surface area contributed by atoms with E-state index < -0.39 is 0 Å². The van der Waals surface area contributed by atoms with Gasteiger partial charge in [-0.3, -0.25) is 0 Å². The van der Waals surface area contributed by atoms with Crippen LogP contribution in [0.2, 0.25) is 0 Å². The molecule has 2 aliphatic heterocycles. The summed E-state index contributed by atoms with van der Waals surface area (Å²) in [5.74, 6) is 3.99. The molecule has 0 radical (unpaired) electrons. The number of benzene rings is 2. The molecule has 0 spiro atoms. The van der Waals surface area contributed by atoms with Crippen LogP contribution in [0.15, 0.2) is 117 Å². The zero-order chi connectivity index (χ0) is 28.8. The molecule has 5 heterocycles. The summed E-state index contributed by atoms with van der Waals surface area (Å²) in [5, 5.41) is 7.48. The van der Waals surface area contributed by atoms with Gasteiger partial charge in [-0.15, -0.1) is 0 Å². The van der Waals surface area contributed by atoms with Gasteiger partial charge in [-0.25, -0.2) is 20.0 Å². The molecule has 0 atom stereocenters. The van der Waals surface area contributed by atoms with Gasteiger partial charge in [-0.2, -0.15) is 0 Å². The lowest BCUT2D eigenvalue weighted by atomic mass is 10.1. The number of allylic oxidation sites excluding steroid dienone is 2. The molecular formula is C34H28N8. The molecule has 5 aromatic rings. The molecule has 0 amide bonds. The zero-order valence-electron chi connectivity index (χ0n) is 23.3. The van der Waals surface area contributed by atoms with Crippen LogP contribution in [0.4, 0.5) is 23.3 Å². The first-order valence-corrected chi connectivity index (χ1v) is 13.7. The van der Waals surface area contributed by atoms with Gasteiger partial charge in [0.2, 0.25) is 0 Å². The molecule has 3 aromatic heterocycles. The number of rotatable bonds is 4. The van der Waals surface area contributed by atoms with Crippen LogP contribution in [0.5, 0.6) is 0 Å². The van der Waals surface area contributed by atoms with Crippen LogP contribution in [0, 0.1) is 0 Å². The van der Waals surface area contributed by atoms with Crippen molar-refractivity contribution in [3.8, 4) is 0 Å². The van der Waals surface area contributed by atoms with E-state index in [4.69, 9.17) is 20.0 Å². The van der Waals surface area contributed by atoms with Crippen molar-refractivity contribution in [3.63, 3.8) is 0 Å². The summed E-state index contributed by atoms with van der Waals surface area (Å²) in [5.41, 5.74) is 4.78. The number of amidine groups is 2. The first-order valence-electron chi connectivity index (χ1n) is 13.7. The van der Waals surface area contributed by atoms with Gasteiger partial charge in [-0.05, 0) is 13.8 Å². The monoisotopic (exact) mass is 548 g/mol. The summed E-state index contributed by atoms with van der Waals surface area (Å²) < 4.78 is 0. The molecule has 4 N–H and O–H groups in total. The van der Waals surface area contributed by atoms with Gasteiger partial charge in [0, 0.05) is 43.8 Å². The zero-order valence-corrected chi connectivity index (χ0v) is 23.3. The van der Waals surface area contributed by atoms with E-state index >= 15 is 0 Å². The average molecular weight is 549 g/mol. The Kier molecular flexibility index (Phi) is 6.01. The molecular weight excluding hydrogens is 520 g/mol. The summed E-state index contributed by atoms with van der Waals surface area (Å²) in [6.45, 7) is 12.1. The number of hydrogen-bond acceptors (Lipinski definition) is 5. The maximum atomic E-state index is 5.09. The van der Waals surface area contributed by atoms with Gasteiger partial charge < -0.3 is 20.3 Å². The lowest BCUT2D eigenvalue weighted by Crippen LogP contribution is -2.13. The molecule has 0 aliphatic carbocycles. The minimum absolute atomic E-state index is 0.522. The second-order valence-electron chi connectivity index (χ2n) is 9.89. The molecule has 8 nitrogen and oxygen atoms in total. The van der Waals surface area contributed by atoms with Crippen LogP contribution in [0.25, 0.3) is 33.7 Å². The van der Waals surface area contributed by atoms with Crippen LogP contribution in [0.1, 0.15) is 25.0 Å². The molecule has 8 bridgehead atoms. The van der Waals surface area contributed by atoms with E-state index in [9.17, 15) is 0 Å². The Balaban J connectivity index is 1.63. The highest BCUT2D eigenvalue weighted by atomic mass is 15.1. The Hall–Kier alpha value is -5.76. The standard InChI is InChI=1S/C34H28N8/c1-5-13-21-19(7-3)28-36-29(21)35-27-20(8-4)22(14-6-2)30(37-27)39-32-25-17-11-12-18-26(25)34(41-32)42-33-24-16-10-9-15-23(24)31(38-28)40-33/h5-18,37,39,41H,3-4H2,1-2H3,(H,35,36,38,40,42)/b13-5-,14-6-. The lowest BCUT2D eigenvalue weighted by molar-refractivity contribution is 1.12. The molecule has 2 aliphatic rings. The summed E-state index contributed by atoms with van der Waals surface area (Å²) in [6, 6.07) is 16.2. The number of fused-ring (bicyclic) bond motifs is 13. The molecule has 7 rings (SSSR count). The van der Waals surface area contributed by atoms with Crippen LogP contribution in [-0.2, 0) is 0 Å². The Bertz CT molecular complexity index is 2220. The predicted octanol–water partition coefficient (Wildman–Crippen LogP) is 7.48. The number of nitrogens with zero attached hydrogens (tertiary/aromatic N) is 4. The molecule has 42 heavy (non-hydrogen) atoms. The second kappa shape index (κ2) is 10.0. The van der Waals surface area contributed by atoms with E-state index in [1.54, 1.807) is 6.08 Å². The van der Waals surface area contributed by atoms with Gasteiger partial charge in [0.1, 0.15) is 34.2 Å². The highest BCUT2D eigenvalue weighted by Gasteiger charge is 2.24. The van der Waals surface area contributed by atoms with E-state index in [2.05, 4.69) is 45.6 Å². The Morgan fingerprint density at radius 1 is 0.571 bits per heavy atom. The number of aromatic nitrogens is 3. The fourth-order valence-electron chi connectivity index (χ4n) is 5.53. The van der Waals surface area contributed by atoms with Gasteiger partial charge in [-0.1, -0.05) is 98.1 Å². The predicted molar refractivity (Wildman–Crippen MR) is 174 cm³/mol. The van der Waals surface area contributed by atoms with Crippen molar-refractivity contribution in [2.45, 2.75) is 13.8 Å². The van der Waals surface area contributed by atoms with Crippen molar-refractivity contribution in [2.75, 3.05) is 5.32 Å². The van der Waals surface area contributed by atoms with Crippen molar-refractivity contribution in [3.05, 3.63) is 119 Å². The molecule has 0 saturated heterocycles. The van der Waals surface area contributed by atoms with E-state index in [0.29, 0.717) is 28.5 Å². The minimum Gasteiger partial charge on any atom is -0.327 e. The summed E-state index contributed by atoms with van der Waals surface area (Å²) >= 11 is 0. The normalized spacial score (nSPS) is 14.7. The molecule has 0 fully saturated rings. The molecule has 204 valence electrons. The summed E-state index contributed by atoms with van der Waals surface area (Å²) in [4.78, 5) is 30.5. The van der Waals surface area contributed by atoms with Crippen molar-refractivity contribution < 1.29 is 0 Å². The Morgan fingerprint density at radius 3 is 1.90 bits per heavy atom. The third-order valence-corrected chi connectivity index (χ3v) is 7.39. The SMILES string of the molecule is C=CC1=C(/C=C\C)C2=Nc3[nH]c(c(/C=C\C)c3C=C)Nc3[nH]c(c4ccccc34)N=c3[nH]c(c4ccccc34)=NC1=N2. The highest BCUT2D eigenvalue weighted by Crippen LogP contribution is 2.38. The molecule has 2 aromatic carbocycles. The summed E-state index contributed by atoms with van der Waals surface area (Å²) in [7, 11) is 0. The lowest BCUT2D eigenvalue weighted by Gasteiger charge is -2.05. The second-order valence-corrected chi connectivity index (χ2v) is 9.89. The van der Waals surface area contributed by atoms with E-state index in [-0.39, 0.29) is 0 Å². The highest BCUT2D eigenvalue weighted by molar-refractivity contribution is 6.24. The van der Waals surface area contributed by atoms with Crippen molar-refractivity contribution in [1.29, 1.82) is 0 Å². The first kappa shape index (κ1) is 25.2. The molecule has 8 heteroatoms. The number of aromatic amines is 3.